The van der Waals surface area contributed by atoms with Crippen molar-refractivity contribution in [3.05, 3.63) is 88.1 Å². The largest absolute Gasteiger partial charge is 0.335 e. The second kappa shape index (κ2) is 8.47. The minimum absolute atomic E-state index is 0.171. The van der Waals surface area contributed by atoms with Crippen LogP contribution in [-0.4, -0.2) is 37.5 Å². The van der Waals surface area contributed by atoms with Crippen LogP contribution < -0.4 is 5.56 Å². The van der Waals surface area contributed by atoms with Crippen molar-refractivity contribution < 1.29 is 9.32 Å². The van der Waals surface area contributed by atoms with Gasteiger partial charge in [0, 0.05) is 23.7 Å². The monoisotopic (exact) mass is 465 g/mol. The second-order valence-electron chi connectivity index (χ2n) is 8.80. The number of aromatic nitrogens is 4. The molecule has 3 aromatic heterocycles. The molecule has 0 spiro atoms. The van der Waals surface area contributed by atoms with Crippen LogP contribution >= 0.6 is 0 Å². The molecule has 0 radical (unpaired) electrons. The number of nitrogens with zero attached hydrogens (tertiary/aromatic N) is 4. The van der Waals surface area contributed by atoms with Crippen molar-refractivity contribution in [3.8, 4) is 11.3 Å². The third-order valence-corrected chi connectivity index (χ3v) is 6.41. The SMILES string of the molecule is CCN(Cc1nc2ccccc2c(=O)[nH]1)C(=O)c1cc(C2CC2)nc2onc(-c3ccccc3)c12. The minimum Gasteiger partial charge on any atom is -0.335 e. The van der Waals surface area contributed by atoms with E-state index in [1.165, 1.54) is 0 Å². The Morgan fingerprint density at radius 2 is 1.86 bits per heavy atom. The highest BCUT2D eigenvalue weighted by atomic mass is 16.5. The molecule has 0 bridgehead atoms. The van der Waals surface area contributed by atoms with E-state index in [-0.39, 0.29) is 18.0 Å². The molecule has 5 aromatic rings. The summed E-state index contributed by atoms with van der Waals surface area (Å²) in [6, 6.07) is 18.7. The number of rotatable bonds is 6. The summed E-state index contributed by atoms with van der Waals surface area (Å²) in [5.74, 6) is 0.591. The van der Waals surface area contributed by atoms with E-state index in [4.69, 9.17) is 4.52 Å². The maximum absolute atomic E-state index is 13.9. The van der Waals surface area contributed by atoms with Gasteiger partial charge in [0.2, 0.25) is 0 Å². The number of nitrogens with one attached hydrogen (secondary N) is 1. The summed E-state index contributed by atoms with van der Waals surface area (Å²) >= 11 is 0. The van der Waals surface area contributed by atoms with Crippen molar-refractivity contribution in [1.29, 1.82) is 0 Å². The molecule has 6 rings (SSSR count). The lowest BCUT2D eigenvalue weighted by atomic mass is 10.0. The zero-order valence-corrected chi connectivity index (χ0v) is 19.2. The quantitative estimate of drug-likeness (QED) is 0.391. The molecule has 0 aliphatic heterocycles. The Hall–Kier alpha value is -4.33. The van der Waals surface area contributed by atoms with Crippen molar-refractivity contribution in [2.75, 3.05) is 6.54 Å². The number of benzene rings is 2. The summed E-state index contributed by atoms with van der Waals surface area (Å²) in [7, 11) is 0. The molecular weight excluding hydrogens is 442 g/mol. The average Bonchev–Trinajstić information content (AvgIpc) is 3.66. The molecular formula is C27H23N5O3. The van der Waals surface area contributed by atoms with E-state index in [1.54, 1.807) is 23.1 Å². The summed E-state index contributed by atoms with van der Waals surface area (Å²) in [6.45, 7) is 2.51. The van der Waals surface area contributed by atoms with Crippen LogP contribution in [-0.2, 0) is 6.54 Å². The third-order valence-electron chi connectivity index (χ3n) is 6.41. The maximum Gasteiger partial charge on any atom is 0.259 e. The summed E-state index contributed by atoms with van der Waals surface area (Å²) in [6.07, 6.45) is 2.09. The molecule has 1 aliphatic carbocycles. The van der Waals surface area contributed by atoms with Gasteiger partial charge in [-0.25, -0.2) is 9.97 Å². The second-order valence-corrected chi connectivity index (χ2v) is 8.80. The van der Waals surface area contributed by atoms with Crippen molar-refractivity contribution in [1.82, 2.24) is 25.0 Å². The van der Waals surface area contributed by atoms with Gasteiger partial charge in [-0.2, -0.15) is 0 Å². The minimum atomic E-state index is -0.221. The number of hydrogen-bond donors (Lipinski definition) is 1. The van der Waals surface area contributed by atoms with Gasteiger partial charge in [0.25, 0.3) is 17.2 Å². The van der Waals surface area contributed by atoms with E-state index in [0.717, 1.165) is 24.1 Å². The summed E-state index contributed by atoms with van der Waals surface area (Å²) in [5, 5.41) is 5.40. The Bertz CT molecular complexity index is 1620. The van der Waals surface area contributed by atoms with Crippen LogP contribution in [0.5, 0.6) is 0 Å². The first kappa shape index (κ1) is 21.2. The predicted molar refractivity (Wildman–Crippen MR) is 132 cm³/mol. The molecule has 1 fully saturated rings. The number of aromatic amines is 1. The van der Waals surface area contributed by atoms with Crippen LogP contribution in [0.4, 0.5) is 0 Å². The smallest absolute Gasteiger partial charge is 0.259 e. The number of carbonyl (C=O) groups excluding carboxylic acids is 1. The highest BCUT2D eigenvalue weighted by Gasteiger charge is 2.30. The van der Waals surface area contributed by atoms with E-state index in [1.807, 2.05) is 49.4 Å². The first-order valence-corrected chi connectivity index (χ1v) is 11.8. The summed E-state index contributed by atoms with van der Waals surface area (Å²) < 4.78 is 5.62. The molecule has 3 heterocycles. The van der Waals surface area contributed by atoms with Crippen molar-refractivity contribution in [2.24, 2.45) is 0 Å². The highest BCUT2D eigenvalue weighted by molar-refractivity contribution is 6.09. The molecule has 8 heteroatoms. The van der Waals surface area contributed by atoms with Gasteiger partial charge in [0.15, 0.2) is 0 Å². The van der Waals surface area contributed by atoms with E-state index in [2.05, 4.69) is 20.1 Å². The fraction of sp³-hybridized carbons (Fsp3) is 0.222. The van der Waals surface area contributed by atoms with Gasteiger partial charge in [-0.15, -0.1) is 0 Å². The molecule has 8 nitrogen and oxygen atoms in total. The van der Waals surface area contributed by atoms with E-state index in [9.17, 15) is 9.59 Å². The van der Waals surface area contributed by atoms with E-state index < -0.39 is 0 Å². The molecule has 1 N–H and O–H groups in total. The Labute approximate surface area is 200 Å². The third kappa shape index (κ3) is 3.86. The van der Waals surface area contributed by atoms with Crippen LogP contribution in [0.25, 0.3) is 33.3 Å². The topological polar surface area (TPSA) is 105 Å². The first-order valence-electron chi connectivity index (χ1n) is 11.8. The van der Waals surface area contributed by atoms with Gasteiger partial charge in [-0.1, -0.05) is 47.6 Å². The highest BCUT2D eigenvalue weighted by Crippen LogP contribution is 2.41. The molecule has 1 aliphatic rings. The Morgan fingerprint density at radius 1 is 1.09 bits per heavy atom. The standard InChI is InChI=1S/C27H23N5O3/c1-2-32(15-22-28-20-11-7-6-10-18(20)25(33)30-22)27(34)19-14-21(16-12-13-16)29-26-23(19)24(31-35-26)17-8-4-3-5-9-17/h3-11,14,16H,2,12-13,15H2,1H3,(H,28,30,33). The van der Waals surface area contributed by atoms with Gasteiger partial charge < -0.3 is 14.4 Å². The number of fused-ring (bicyclic) bond motifs is 2. The molecule has 0 saturated heterocycles. The molecule has 1 amide bonds. The number of pyridine rings is 1. The molecule has 35 heavy (non-hydrogen) atoms. The lowest BCUT2D eigenvalue weighted by Gasteiger charge is -2.21. The average molecular weight is 466 g/mol. The predicted octanol–water partition coefficient (Wildman–Crippen LogP) is 4.67. The summed E-state index contributed by atoms with van der Waals surface area (Å²) in [4.78, 5) is 40.2. The molecule has 2 aromatic carbocycles. The number of amides is 1. The van der Waals surface area contributed by atoms with Gasteiger partial charge in [-0.3, -0.25) is 9.59 Å². The number of para-hydroxylation sites is 1. The molecule has 174 valence electrons. The lowest BCUT2D eigenvalue weighted by molar-refractivity contribution is 0.0750. The van der Waals surface area contributed by atoms with Crippen LogP contribution in [0.1, 0.15) is 47.6 Å². The Morgan fingerprint density at radius 3 is 2.63 bits per heavy atom. The number of hydrogen-bond acceptors (Lipinski definition) is 6. The number of carbonyl (C=O) groups is 1. The lowest BCUT2D eigenvalue weighted by Crippen LogP contribution is -2.32. The zero-order valence-electron chi connectivity index (χ0n) is 19.2. The molecule has 1 saturated carbocycles. The number of H-pyrrole nitrogens is 1. The van der Waals surface area contributed by atoms with Gasteiger partial charge in [0.1, 0.15) is 11.5 Å². The zero-order chi connectivity index (χ0) is 23.9. The fourth-order valence-corrected chi connectivity index (χ4v) is 4.41. The van der Waals surface area contributed by atoms with Crippen molar-refractivity contribution in [2.45, 2.75) is 32.2 Å². The van der Waals surface area contributed by atoms with Crippen LogP contribution in [0.15, 0.2) is 70.0 Å². The van der Waals surface area contributed by atoms with Crippen molar-refractivity contribution in [3.63, 3.8) is 0 Å². The van der Waals surface area contributed by atoms with Crippen molar-refractivity contribution >= 4 is 27.9 Å². The van der Waals surface area contributed by atoms with Gasteiger partial charge in [-0.05, 0) is 38.0 Å². The summed E-state index contributed by atoms with van der Waals surface area (Å²) in [5.41, 5.74) is 3.54. The Kier molecular flexibility index (Phi) is 5.13. The van der Waals surface area contributed by atoms with Crippen LogP contribution in [0, 0.1) is 0 Å². The molecule has 0 atom stereocenters. The fourth-order valence-electron chi connectivity index (χ4n) is 4.41. The van der Waals surface area contributed by atoms with Crippen LogP contribution in [0.3, 0.4) is 0 Å². The Balaban J connectivity index is 1.44. The van der Waals surface area contributed by atoms with Crippen LogP contribution in [0.2, 0.25) is 0 Å². The van der Waals surface area contributed by atoms with Gasteiger partial charge >= 0.3 is 0 Å². The van der Waals surface area contributed by atoms with E-state index in [0.29, 0.717) is 51.5 Å². The maximum atomic E-state index is 13.9. The van der Waals surface area contributed by atoms with E-state index >= 15 is 0 Å². The first-order chi connectivity index (χ1) is 17.1. The van der Waals surface area contributed by atoms with Gasteiger partial charge in [0.05, 0.1) is 28.4 Å². The molecule has 0 unspecified atom stereocenters. The normalized spacial score (nSPS) is 13.4.